The van der Waals surface area contributed by atoms with E-state index in [1.54, 1.807) is 0 Å². The molecule has 0 aromatic heterocycles. The average molecular weight is 323 g/mol. The number of carbonyl (C=O) groups excluding carboxylic acids is 1. The van der Waals surface area contributed by atoms with Crippen LogP contribution in [0.15, 0.2) is 40.5 Å². The van der Waals surface area contributed by atoms with Gasteiger partial charge in [-0.25, -0.2) is 0 Å². The molecule has 1 amide bonds. The number of hydrogen-bond donors (Lipinski definition) is 1. The maximum Gasteiger partial charge on any atom is 0.256 e. The Bertz CT molecular complexity index is 485. The van der Waals surface area contributed by atoms with Crippen molar-refractivity contribution in [3.05, 3.63) is 46.1 Å². The zero-order valence-corrected chi connectivity index (χ0v) is 12.7. The summed E-state index contributed by atoms with van der Waals surface area (Å²) in [5.41, 5.74) is 1.69. The topological polar surface area (TPSA) is 32.3 Å². The normalized spacial score (nSPS) is 16.0. The summed E-state index contributed by atoms with van der Waals surface area (Å²) in [6.45, 7) is 5.19. The van der Waals surface area contributed by atoms with Gasteiger partial charge in [0.25, 0.3) is 5.91 Å². The molecular weight excluding hydrogens is 304 g/mol. The highest BCUT2D eigenvalue weighted by Crippen LogP contribution is 2.16. The number of amides is 1. The van der Waals surface area contributed by atoms with Crippen LogP contribution in [0.1, 0.15) is 30.1 Å². The van der Waals surface area contributed by atoms with Crippen molar-refractivity contribution in [1.82, 2.24) is 10.2 Å². The summed E-state index contributed by atoms with van der Waals surface area (Å²) >= 11 is 3.41. The smallest absolute Gasteiger partial charge is 0.256 e. The molecule has 3 nitrogen and oxygen atoms in total. The fourth-order valence-electron chi connectivity index (χ4n) is 2.26. The van der Waals surface area contributed by atoms with Gasteiger partial charge < -0.3 is 5.32 Å². The number of halogens is 1. The van der Waals surface area contributed by atoms with Gasteiger partial charge in [-0.2, -0.15) is 0 Å². The van der Waals surface area contributed by atoms with Crippen molar-refractivity contribution in [3.63, 3.8) is 0 Å². The highest BCUT2D eigenvalue weighted by molar-refractivity contribution is 9.10. The van der Waals surface area contributed by atoms with Crippen molar-refractivity contribution in [1.29, 1.82) is 0 Å². The largest absolute Gasteiger partial charge is 0.325 e. The van der Waals surface area contributed by atoms with Crippen molar-refractivity contribution in [2.45, 2.75) is 19.8 Å². The van der Waals surface area contributed by atoms with Gasteiger partial charge in [0, 0.05) is 23.3 Å². The molecule has 0 spiro atoms. The van der Waals surface area contributed by atoms with Crippen molar-refractivity contribution in [2.75, 3.05) is 19.6 Å². The Morgan fingerprint density at radius 1 is 1.42 bits per heavy atom. The second-order valence-corrected chi connectivity index (χ2v) is 5.58. The predicted octanol–water partition coefficient (Wildman–Crippen LogP) is 3.18. The number of rotatable bonds is 4. The van der Waals surface area contributed by atoms with Gasteiger partial charge in [0.05, 0.1) is 5.56 Å². The minimum Gasteiger partial charge on any atom is -0.325 e. The van der Waals surface area contributed by atoms with E-state index in [1.165, 1.54) is 0 Å². The lowest BCUT2D eigenvalue weighted by Gasteiger charge is -2.27. The van der Waals surface area contributed by atoms with Gasteiger partial charge in [0.1, 0.15) is 0 Å². The van der Waals surface area contributed by atoms with Crippen LogP contribution in [0.2, 0.25) is 0 Å². The van der Waals surface area contributed by atoms with Gasteiger partial charge in [-0.3, -0.25) is 9.69 Å². The monoisotopic (exact) mass is 322 g/mol. The molecule has 1 aromatic rings. The summed E-state index contributed by atoms with van der Waals surface area (Å²) in [5, 5.41) is 3.01. The number of hydrogen-bond acceptors (Lipinski definition) is 2. The number of carbonyl (C=O) groups is 1. The SMILES string of the molecule is CCCN1CCC=C(NC(=O)c2ccccc2Br)C1. The van der Waals surface area contributed by atoms with E-state index in [0.717, 1.165) is 42.6 Å². The quantitative estimate of drug-likeness (QED) is 0.923. The Balaban J connectivity index is 2.00. The Morgan fingerprint density at radius 3 is 2.95 bits per heavy atom. The lowest BCUT2D eigenvalue weighted by atomic mass is 10.1. The van der Waals surface area contributed by atoms with Crippen molar-refractivity contribution >= 4 is 21.8 Å². The second-order valence-electron chi connectivity index (χ2n) is 4.73. The Labute approximate surface area is 122 Å². The molecule has 1 aliphatic heterocycles. The van der Waals surface area contributed by atoms with E-state index in [0.29, 0.717) is 5.56 Å². The predicted molar refractivity (Wildman–Crippen MR) is 81.0 cm³/mol. The van der Waals surface area contributed by atoms with E-state index in [9.17, 15) is 4.79 Å². The van der Waals surface area contributed by atoms with Gasteiger partial charge in [-0.1, -0.05) is 25.1 Å². The van der Waals surface area contributed by atoms with Crippen LogP contribution in [0, 0.1) is 0 Å². The second kappa shape index (κ2) is 6.87. The molecule has 4 heteroatoms. The molecule has 0 radical (unpaired) electrons. The molecule has 0 saturated carbocycles. The van der Waals surface area contributed by atoms with Gasteiger partial charge in [-0.05, 0) is 47.4 Å². The highest BCUT2D eigenvalue weighted by atomic mass is 79.9. The fourth-order valence-corrected chi connectivity index (χ4v) is 2.73. The zero-order chi connectivity index (χ0) is 13.7. The number of nitrogens with zero attached hydrogens (tertiary/aromatic N) is 1. The molecule has 0 atom stereocenters. The number of benzene rings is 1. The van der Waals surface area contributed by atoms with Crippen LogP contribution in [0.5, 0.6) is 0 Å². The van der Waals surface area contributed by atoms with E-state index in [2.05, 4.69) is 39.1 Å². The third kappa shape index (κ3) is 3.91. The van der Waals surface area contributed by atoms with Crippen LogP contribution in [0.25, 0.3) is 0 Å². The average Bonchev–Trinajstić information content (AvgIpc) is 2.40. The van der Waals surface area contributed by atoms with E-state index >= 15 is 0 Å². The fraction of sp³-hybridized carbons (Fsp3) is 0.400. The first-order valence-corrected chi connectivity index (χ1v) is 7.47. The highest BCUT2D eigenvalue weighted by Gasteiger charge is 2.15. The summed E-state index contributed by atoms with van der Waals surface area (Å²) in [7, 11) is 0. The summed E-state index contributed by atoms with van der Waals surface area (Å²) in [6, 6.07) is 7.49. The first-order valence-electron chi connectivity index (χ1n) is 6.68. The Morgan fingerprint density at radius 2 is 2.21 bits per heavy atom. The lowest BCUT2D eigenvalue weighted by Crippen LogP contribution is -2.37. The van der Waals surface area contributed by atoms with Crippen LogP contribution in [0.3, 0.4) is 0 Å². The van der Waals surface area contributed by atoms with Crippen molar-refractivity contribution in [2.24, 2.45) is 0 Å². The molecule has 2 rings (SSSR count). The summed E-state index contributed by atoms with van der Waals surface area (Å²) in [6.07, 6.45) is 4.28. The third-order valence-electron chi connectivity index (χ3n) is 3.16. The Kier molecular flexibility index (Phi) is 5.16. The molecule has 0 aliphatic carbocycles. The summed E-state index contributed by atoms with van der Waals surface area (Å²) in [4.78, 5) is 14.6. The molecule has 1 aliphatic rings. The third-order valence-corrected chi connectivity index (χ3v) is 3.85. The van der Waals surface area contributed by atoms with E-state index in [4.69, 9.17) is 0 Å². The molecule has 19 heavy (non-hydrogen) atoms. The summed E-state index contributed by atoms with van der Waals surface area (Å²) < 4.78 is 0.828. The van der Waals surface area contributed by atoms with Crippen LogP contribution in [0.4, 0.5) is 0 Å². The molecule has 0 saturated heterocycles. The van der Waals surface area contributed by atoms with Crippen molar-refractivity contribution < 1.29 is 4.79 Å². The van der Waals surface area contributed by atoms with E-state index < -0.39 is 0 Å². The van der Waals surface area contributed by atoms with Gasteiger partial charge >= 0.3 is 0 Å². The molecule has 0 fully saturated rings. The molecule has 102 valence electrons. The summed E-state index contributed by atoms with van der Waals surface area (Å²) in [5.74, 6) is -0.0444. The van der Waals surface area contributed by atoms with E-state index in [-0.39, 0.29) is 5.91 Å². The van der Waals surface area contributed by atoms with Crippen molar-refractivity contribution in [3.8, 4) is 0 Å². The Hall–Kier alpha value is -1.13. The maximum atomic E-state index is 12.2. The van der Waals surface area contributed by atoms with Crippen LogP contribution in [-0.2, 0) is 0 Å². The first-order chi connectivity index (χ1) is 9.20. The van der Waals surface area contributed by atoms with Gasteiger partial charge in [-0.15, -0.1) is 0 Å². The molecule has 1 N–H and O–H groups in total. The minimum absolute atomic E-state index is 0.0444. The van der Waals surface area contributed by atoms with E-state index in [1.807, 2.05) is 24.3 Å². The molecule has 0 bridgehead atoms. The standard InChI is InChI=1S/C15H19BrN2O/c1-2-9-18-10-5-6-12(11-18)17-15(19)13-7-3-4-8-14(13)16/h3-4,6-8H,2,5,9-11H2,1H3,(H,17,19). The lowest BCUT2D eigenvalue weighted by molar-refractivity contribution is 0.0960. The first kappa shape index (κ1) is 14.3. The van der Waals surface area contributed by atoms with Crippen LogP contribution < -0.4 is 5.32 Å². The molecule has 1 heterocycles. The van der Waals surface area contributed by atoms with Gasteiger partial charge in [0.2, 0.25) is 0 Å². The van der Waals surface area contributed by atoms with Crippen LogP contribution in [-0.4, -0.2) is 30.4 Å². The minimum atomic E-state index is -0.0444. The zero-order valence-electron chi connectivity index (χ0n) is 11.2. The number of nitrogens with one attached hydrogen (secondary N) is 1. The molecule has 1 aromatic carbocycles. The van der Waals surface area contributed by atoms with Crippen LogP contribution >= 0.6 is 15.9 Å². The molecule has 0 unspecified atom stereocenters. The maximum absolute atomic E-state index is 12.2. The molecular formula is C15H19BrN2O. The van der Waals surface area contributed by atoms with Gasteiger partial charge in [0.15, 0.2) is 0 Å².